The highest BCUT2D eigenvalue weighted by Crippen LogP contribution is 2.31. The van der Waals surface area contributed by atoms with Gasteiger partial charge in [0.1, 0.15) is 0 Å². The van der Waals surface area contributed by atoms with E-state index in [1.807, 2.05) is 33.8 Å². The van der Waals surface area contributed by atoms with E-state index in [1.54, 1.807) is 18.9 Å². The van der Waals surface area contributed by atoms with Crippen LogP contribution in [-0.4, -0.2) is 39.2 Å². The van der Waals surface area contributed by atoms with Gasteiger partial charge in [-0.3, -0.25) is 0 Å². The van der Waals surface area contributed by atoms with Crippen molar-refractivity contribution in [3.8, 4) is 0 Å². The third-order valence-electron chi connectivity index (χ3n) is 4.65. The van der Waals surface area contributed by atoms with E-state index < -0.39 is 10.0 Å². The zero-order valence-corrected chi connectivity index (χ0v) is 15.6. The van der Waals surface area contributed by atoms with E-state index in [1.165, 1.54) is 0 Å². The Bertz CT molecular complexity index is 636. The van der Waals surface area contributed by atoms with Gasteiger partial charge in [-0.05, 0) is 62.1 Å². The molecule has 0 spiro atoms. The number of hydrogen-bond acceptors (Lipinski definition) is 4. The van der Waals surface area contributed by atoms with Crippen molar-refractivity contribution in [1.29, 1.82) is 0 Å². The third kappa shape index (κ3) is 3.35. The van der Waals surface area contributed by atoms with Crippen molar-refractivity contribution in [2.75, 3.05) is 25.2 Å². The molecule has 0 bridgehead atoms. The first-order valence-corrected chi connectivity index (χ1v) is 10.1. The van der Waals surface area contributed by atoms with Crippen molar-refractivity contribution in [2.24, 2.45) is 0 Å². The zero-order chi connectivity index (χ0) is 16.5. The monoisotopic (exact) mass is 343 g/mol. The van der Waals surface area contributed by atoms with Crippen molar-refractivity contribution in [3.05, 3.63) is 28.3 Å². The fourth-order valence-electron chi connectivity index (χ4n) is 2.84. The molecule has 1 aromatic rings. The van der Waals surface area contributed by atoms with Crippen LogP contribution < -0.4 is 4.72 Å². The number of hydrogen-bond donors (Lipinski definition) is 1. The molecule has 1 heterocycles. The average Bonchev–Trinajstić information content (AvgIpc) is 2.93. The number of methoxy groups -OCH3 is 1. The van der Waals surface area contributed by atoms with Gasteiger partial charge < -0.3 is 4.74 Å². The van der Waals surface area contributed by atoms with E-state index >= 15 is 0 Å². The SMILES string of the molecule is COC1(CNS(=O)(=O)c2c(C)c(C)cc(C)c2C)CCSC1. The van der Waals surface area contributed by atoms with Crippen LogP contribution in [0.2, 0.25) is 0 Å². The highest BCUT2D eigenvalue weighted by atomic mass is 32.2. The Hall–Kier alpha value is -0.560. The second kappa shape index (κ2) is 6.51. The molecule has 4 nitrogen and oxygen atoms in total. The third-order valence-corrected chi connectivity index (χ3v) is 7.55. The highest BCUT2D eigenvalue weighted by molar-refractivity contribution is 7.99. The maximum absolute atomic E-state index is 12.8. The van der Waals surface area contributed by atoms with Crippen LogP contribution in [-0.2, 0) is 14.8 Å². The van der Waals surface area contributed by atoms with Gasteiger partial charge in [0.05, 0.1) is 10.5 Å². The van der Waals surface area contributed by atoms with Crippen LogP contribution in [0.3, 0.4) is 0 Å². The van der Waals surface area contributed by atoms with E-state index in [4.69, 9.17) is 4.74 Å². The first-order chi connectivity index (χ1) is 10.2. The molecule has 2 rings (SSSR count). The number of rotatable bonds is 5. The Kier molecular flexibility index (Phi) is 5.27. The molecule has 22 heavy (non-hydrogen) atoms. The lowest BCUT2D eigenvalue weighted by atomic mass is 10.0. The van der Waals surface area contributed by atoms with E-state index in [0.29, 0.717) is 11.4 Å². The standard InChI is InChI=1S/C16H25NO3S2/c1-11-8-12(2)14(4)15(13(11)3)22(18,19)17-9-16(20-5)6-7-21-10-16/h8,17H,6-7,9-10H2,1-5H3. The van der Waals surface area contributed by atoms with Gasteiger partial charge in [0.15, 0.2) is 0 Å². The van der Waals surface area contributed by atoms with Crippen LogP contribution in [0.5, 0.6) is 0 Å². The Balaban J connectivity index is 2.32. The lowest BCUT2D eigenvalue weighted by Gasteiger charge is -2.27. The highest BCUT2D eigenvalue weighted by Gasteiger charge is 2.36. The van der Waals surface area contributed by atoms with Gasteiger partial charge in [-0.25, -0.2) is 13.1 Å². The Morgan fingerprint density at radius 1 is 1.23 bits per heavy atom. The average molecular weight is 344 g/mol. The molecule has 0 aliphatic carbocycles. The summed E-state index contributed by atoms with van der Waals surface area (Å²) in [5.74, 6) is 1.84. The first kappa shape index (κ1) is 17.8. The minimum absolute atomic E-state index is 0.324. The summed E-state index contributed by atoms with van der Waals surface area (Å²) < 4.78 is 34.0. The van der Waals surface area contributed by atoms with Gasteiger partial charge >= 0.3 is 0 Å². The zero-order valence-electron chi connectivity index (χ0n) is 13.9. The number of thioether (sulfide) groups is 1. The molecule has 1 aliphatic heterocycles. The van der Waals surface area contributed by atoms with Gasteiger partial charge in [-0.15, -0.1) is 0 Å². The van der Waals surface area contributed by atoms with Gasteiger partial charge in [-0.1, -0.05) is 6.07 Å². The fraction of sp³-hybridized carbons (Fsp3) is 0.625. The molecule has 0 radical (unpaired) electrons. The molecule has 6 heteroatoms. The number of aryl methyl sites for hydroxylation is 2. The number of sulfonamides is 1. The largest absolute Gasteiger partial charge is 0.376 e. The Labute approximate surface area is 138 Å². The van der Waals surface area contributed by atoms with E-state index in [-0.39, 0.29) is 5.60 Å². The fourth-order valence-corrected chi connectivity index (χ4v) is 5.97. The molecule has 0 aromatic heterocycles. The molecule has 1 aromatic carbocycles. The van der Waals surface area contributed by atoms with Crippen LogP contribution in [0.4, 0.5) is 0 Å². The Morgan fingerprint density at radius 2 is 1.82 bits per heavy atom. The number of benzene rings is 1. The van der Waals surface area contributed by atoms with Crippen LogP contribution in [0.25, 0.3) is 0 Å². The summed E-state index contributed by atoms with van der Waals surface area (Å²) in [6, 6.07) is 2.04. The molecule has 1 aliphatic rings. The molecule has 124 valence electrons. The normalized spacial score (nSPS) is 22.2. The van der Waals surface area contributed by atoms with Crippen molar-refractivity contribution >= 4 is 21.8 Å². The lowest BCUT2D eigenvalue weighted by Crippen LogP contribution is -2.44. The maximum Gasteiger partial charge on any atom is 0.241 e. The summed E-state index contributed by atoms with van der Waals surface area (Å²) in [5.41, 5.74) is 3.27. The van der Waals surface area contributed by atoms with Crippen molar-refractivity contribution in [3.63, 3.8) is 0 Å². The summed E-state index contributed by atoms with van der Waals surface area (Å²) in [5, 5.41) is 0. The predicted octanol–water partition coefficient (Wildman–Crippen LogP) is 2.72. The lowest BCUT2D eigenvalue weighted by molar-refractivity contribution is 0.0179. The van der Waals surface area contributed by atoms with Crippen LogP contribution in [0, 0.1) is 27.7 Å². The second-order valence-corrected chi connectivity index (χ2v) is 8.91. The molecule has 0 amide bonds. The second-order valence-electron chi connectivity index (χ2n) is 6.10. The first-order valence-electron chi connectivity index (χ1n) is 7.42. The van der Waals surface area contributed by atoms with E-state index in [2.05, 4.69) is 4.72 Å². The number of ether oxygens (including phenoxy) is 1. The van der Waals surface area contributed by atoms with Crippen molar-refractivity contribution in [1.82, 2.24) is 4.72 Å². The summed E-state index contributed by atoms with van der Waals surface area (Å²) >= 11 is 1.80. The molecule has 1 atom stereocenters. The molecule has 1 saturated heterocycles. The molecule has 0 saturated carbocycles. The predicted molar refractivity (Wildman–Crippen MR) is 92.3 cm³/mol. The maximum atomic E-state index is 12.8. The minimum Gasteiger partial charge on any atom is -0.376 e. The summed E-state index contributed by atoms with van der Waals surface area (Å²) in [6.07, 6.45) is 0.876. The van der Waals surface area contributed by atoms with Crippen molar-refractivity contribution < 1.29 is 13.2 Å². The van der Waals surface area contributed by atoms with E-state index in [0.717, 1.165) is 40.2 Å². The molecule has 1 fully saturated rings. The van der Waals surface area contributed by atoms with Crippen molar-refractivity contribution in [2.45, 2.75) is 44.6 Å². The van der Waals surface area contributed by atoms with E-state index in [9.17, 15) is 8.42 Å². The van der Waals surface area contributed by atoms with Gasteiger partial charge in [0.25, 0.3) is 0 Å². The topological polar surface area (TPSA) is 55.4 Å². The molecule has 1 unspecified atom stereocenters. The smallest absolute Gasteiger partial charge is 0.241 e. The Morgan fingerprint density at radius 3 is 2.27 bits per heavy atom. The molecule has 1 N–H and O–H groups in total. The summed E-state index contributed by atoms with van der Waals surface area (Å²) in [4.78, 5) is 0.418. The van der Waals surface area contributed by atoms with Crippen LogP contribution in [0.1, 0.15) is 28.7 Å². The van der Waals surface area contributed by atoms with Gasteiger partial charge in [0.2, 0.25) is 10.0 Å². The minimum atomic E-state index is -3.54. The van der Waals surface area contributed by atoms with Gasteiger partial charge in [0, 0.05) is 19.4 Å². The summed E-state index contributed by atoms with van der Waals surface area (Å²) in [6.45, 7) is 7.96. The summed E-state index contributed by atoms with van der Waals surface area (Å²) in [7, 11) is -1.88. The van der Waals surface area contributed by atoms with Crippen LogP contribution in [0.15, 0.2) is 11.0 Å². The van der Waals surface area contributed by atoms with Crippen LogP contribution >= 0.6 is 11.8 Å². The number of nitrogens with one attached hydrogen (secondary N) is 1. The molecular formula is C16H25NO3S2. The quantitative estimate of drug-likeness (QED) is 0.893. The molecular weight excluding hydrogens is 318 g/mol. The van der Waals surface area contributed by atoms with Gasteiger partial charge in [-0.2, -0.15) is 11.8 Å².